The van der Waals surface area contributed by atoms with Gasteiger partial charge in [0.1, 0.15) is 0 Å². The van der Waals surface area contributed by atoms with Crippen LogP contribution in [0.5, 0.6) is 0 Å². The molecule has 2 amide bonds. The average Bonchev–Trinajstić information content (AvgIpc) is 2.15. The molecule has 7 heteroatoms. The summed E-state index contributed by atoms with van der Waals surface area (Å²) in [6.07, 6.45) is -0.842. The minimum absolute atomic E-state index is 0.0889. The number of hydrogen-bond donors (Lipinski definition) is 2. The zero-order chi connectivity index (χ0) is 11.0. The second-order valence-electron chi connectivity index (χ2n) is 2.02. The molecule has 7 nitrogen and oxygen atoms in total. The topological polar surface area (TPSA) is 93.7 Å². The van der Waals surface area contributed by atoms with E-state index >= 15 is 0 Å². The number of amides is 2. The summed E-state index contributed by atoms with van der Waals surface area (Å²) in [5.41, 5.74) is 3.67. The van der Waals surface area contributed by atoms with E-state index in [1.54, 1.807) is 13.8 Å². The van der Waals surface area contributed by atoms with Crippen LogP contribution in [0.4, 0.5) is 4.79 Å². The maximum absolute atomic E-state index is 10.8. The fourth-order valence-corrected chi connectivity index (χ4v) is 0.523. The SMILES string of the molecule is CCOC(=O)NNC(=O)C(=O)OCC. The molecule has 0 fully saturated rings. The van der Waals surface area contributed by atoms with Crippen molar-refractivity contribution in [3.63, 3.8) is 0 Å². The first kappa shape index (κ1) is 12.2. The van der Waals surface area contributed by atoms with Crippen LogP contribution in [-0.4, -0.2) is 31.2 Å². The predicted octanol–water partition coefficient (Wildman–Crippen LogP) is -0.673. The summed E-state index contributed by atoms with van der Waals surface area (Å²) < 4.78 is 8.77. The van der Waals surface area contributed by atoms with E-state index in [9.17, 15) is 14.4 Å². The molecule has 0 aromatic rings. The standard InChI is InChI=1S/C7H12N2O5/c1-3-13-6(11)5(10)8-9-7(12)14-4-2/h3-4H2,1-2H3,(H,8,10)(H,9,12). The summed E-state index contributed by atoms with van der Waals surface area (Å²) in [4.78, 5) is 32.1. The largest absolute Gasteiger partial charge is 0.459 e. The Morgan fingerprint density at radius 1 is 1.00 bits per heavy atom. The Bertz CT molecular complexity index is 228. The summed E-state index contributed by atoms with van der Waals surface area (Å²) in [5.74, 6) is -2.12. The van der Waals surface area contributed by atoms with Crippen molar-refractivity contribution in [3.8, 4) is 0 Å². The lowest BCUT2D eigenvalue weighted by Gasteiger charge is -2.05. The van der Waals surface area contributed by atoms with E-state index in [4.69, 9.17) is 0 Å². The van der Waals surface area contributed by atoms with Gasteiger partial charge in [-0.2, -0.15) is 0 Å². The van der Waals surface area contributed by atoms with Crippen LogP contribution in [0, 0.1) is 0 Å². The maximum atomic E-state index is 10.8. The quantitative estimate of drug-likeness (QED) is 0.353. The summed E-state index contributed by atoms with van der Waals surface area (Å²) >= 11 is 0. The predicted molar refractivity (Wildman–Crippen MR) is 44.9 cm³/mol. The molecule has 0 heterocycles. The van der Waals surface area contributed by atoms with Crippen molar-refractivity contribution in [1.29, 1.82) is 0 Å². The van der Waals surface area contributed by atoms with Crippen molar-refractivity contribution in [1.82, 2.24) is 10.9 Å². The monoisotopic (exact) mass is 204 g/mol. The number of ether oxygens (including phenoxy) is 2. The number of hydrazine groups is 1. The van der Waals surface area contributed by atoms with E-state index in [2.05, 4.69) is 9.47 Å². The fraction of sp³-hybridized carbons (Fsp3) is 0.571. The van der Waals surface area contributed by atoms with Gasteiger partial charge in [0, 0.05) is 0 Å². The highest BCUT2D eigenvalue weighted by atomic mass is 16.6. The van der Waals surface area contributed by atoms with E-state index in [-0.39, 0.29) is 13.2 Å². The number of hydrogen-bond acceptors (Lipinski definition) is 5. The van der Waals surface area contributed by atoms with Gasteiger partial charge in [-0.05, 0) is 13.8 Å². The minimum atomic E-state index is -1.07. The van der Waals surface area contributed by atoms with Crippen LogP contribution >= 0.6 is 0 Å². The summed E-state index contributed by atoms with van der Waals surface area (Å²) in [6.45, 7) is 3.42. The van der Waals surface area contributed by atoms with Crippen molar-refractivity contribution in [3.05, 3.63) is 0 Å². The molecule has 0 bridgehead atoms. The minimum Gasteiger partial charge on any atom is -0.459 e. The molecule has 80 valence electrons. The highest BCUT2D eigenvalue weighted by molar-refractivity contribution is 6.32. The zero-order valence-corrected chi connectivity index (χ0v) is 7.96. The molecule has 0 aliphatic heterocycles. The number of carbonyl (C=O) groups is 3. The third-order valence-corrected chi connectivity index (χ3v) is 1.01. The van der Waals surface area contributed by atoms with Crippen LogP contribution in [0.25, 0.3) is 0 Å². The van der Waals surface area contributed by atoms with Gasteiger partial charge in [0.05, 0.1) is 13.2 Å². The molecule has 0 saturated heterocycles. The molecule has 0 spiro atoms. The van der Waals surface area contributed by atoms with E-state index < -0.39 is 18.0 Å². The highest BCUT2D eigenvalue weighted by Crippen LogP contribution is 1.77. The molecule has 0 rings (SSSR count). The molecule has 0 saturated carbocycles. The van der Waals surface area contributed by atoms with Gasteiger partial charge in [0.15, 0.2) is 0 Å². The van der Waals surface area contributed by atoms with Crippen molar-refractivity contribution in [2.45, 2.75) is 13.8 Å². The van der Waals surface area contributed by atoms with Crippen LogP contribution < -0.4 is 10.9 Å². The van der Waals surface area contributed by atoms with Gasteiger partial charge in [-0.1, -0.05) is 0 Å². The number of rotatable bonds is 2. The first-order chi connectivity index (χ1) is 6.61. The van der Waals surface area contributed by atoms with Crippen molar-refractivity contribution < 1.29 is 23.9 Å². The first-order valence-electron chi connectivity index (χ1n) is 4.01. The molecular weight excluding hydrogens is 192 g/mol. The van der Waals surface area contributed by atoms with Crippen molar-refractivity contribution >= 4 is 18.0 Å². The molecule has 0 unspecified atom stereocenters. The van der Waals surface area contributed by atoms with E-state index in [1.165, 1.54) is 0 Å². The van der Waals surface area contributed by atoms with E-state index in [1.807, 2.05) is 10.9 Å². The summed E-state index contributed by atoms with van der Waals surface area (Å²) in [5, 5.41) is 0. The highest BCUT2D eigenvalue weighted by Gasteiger charge is 2.14. The average molecular weight is 204 g/mol. The van der Waals surface area contributed by atoms with Crippen LogP contribution in [-0.2, 0) is 19.1 Å². The number of esters is 1. The summed E-state index contributed by atoms with van der Waals surface area (Å²) in [7, 11) is 0. The van der Waals surface area contributed by atoms with Gasteiger partial charge in [-0.3, -0.25) is 10.2 Å². The fourth-order valence-electron chi connectivity index (χ4n) is 0.523. The lowest BCUT2D eigenvalue weighted by atomic mass is 10.6. The third kappa shape index (κ3) is 4.96. The molecule has 0 aromatic heterocycles. The zero-order valence-electron chi connectivity index (χ0n) is 7.96. The van der Waals surface area contributed by atoms with E-state index in [0.29, 0.717) is 0 Å². The molecule has 14 heavy (non-hydrogen) atoms. The van der Waals surface area contributed by atoms with Crippen molar-refractivity contribution in [2.75, 3.05) is 13.2 Å². The maximum Gasteiger partial charge on any atom is 0.426 e. The molecular formula is C7H12N2O5. The van der Waals surface area contributed by atoms with Gasteiger partial charge in [-0.15, -0.1) is 0 Å². The Balaban J connectivity index is 3.73. The Morgan fingerprint density at radius 3 is 2.07 bits per heavy atom. The Labute approximate surface area is 80.7 Å². The molecule has 2 N–H and O–H groups in total. The third-order valence-electron chi connectivity index (χ3n) is 1.01. The van der Waals surface area contributed by atoms with Gasteiger partial charge in [0.25, 0.3) is 0 Å². The molecule has 0 atom stereocenters. The smallest absolute Gasteiger partial charge is 0.426 e. The van der Waals surface area contributed by atoms with Gasteiger partial charge < -0.3 is 9.47 Å². The van der Waals surface area contributed by atoms with Gasteiger partial charge in [0.2, 0.25) is 0 Å². The van der Waals surface area contributed by atoms with Crippen molar-refractivity contribution in [2.24, 2.45) is 0 Å². The molecule has 0 radical (unpaired) electrons. The van der Waals surface area contributed by atoms with Crippen LogP contribution in [0.3, 0.4) is 0 Å². The first-order valence-corrected chi connectivity index (χ1v) is 4.01. The molecule has 0 aromatic carbocycles. The lowest BCUT2D eigenvalue weighted by molar-refractivity contribution is -0.154. The normalized spacial score (nSPS) is 8.71. The Kier molecular flexibility index (Phi) is 5.84. The number of nitrogens with one attached hydrogen (secondary N) is 2. The van der Waals surface area contributed by atoms with Gasteiger partial charge >= 0.3 is 18.0 Å². The number of carbonyl (C=O) groups excluding carboxylic acids is 3. The van der Waals surface area contributed by atoms with Crippen LogP contribution in [0.2, 0.25) is 0 Å². The molecule has 0 aliphatic carbocycles. The Hall–Kier alpha value is -1.79. The van der Waals surface area contributed by atoms with Crippen LogP contribution in [0.1, 0.15) is 13.8 Å². The van der Waals surface area contributed by atoms with Crippen LogP contribution in [0.15, 0.2) is 0 Å². The second kappa shape index (κ2) is 6.70. The lowest BCUT2D eigenvalue weighted by Crippen LogP contribution is -2.45. The molecule has 0 aliphatic rings. The Morgan fingerprint density at radius 2 is 1.57 bits per heavy atom. The summed E-state index contributed by atoms with van der Waals surface area (Å²) in [6, 6.07) is 0. The van der Waals surface area contributed by atoms with E-state index in [0.717, 1.165) is 0 Å². The second-order valence-corrected chi connectivity index (χ2v) is 2.02. The van der Waals surface area contributed by atoms with Gasteiger partial charge in [-0.25, -0.2) is 15.0 Å².